The molecule has 1 aromatic rings. The van der Waals surface area contributed by atoms with Crippen molar-refractivity contribution in [3.8, 4) is 5.88 Å². The maximum absolute atomic E-state index is 8.67. The lowest BCUT2D eigenvalue weighted by Gasteiger charge is -2.13. The maximum Gasteiger partial charge on any atom is 0.224 e. The zero-order chi connectivity index (χ0) is 12.8. The number of nitrogens with zero attached hydrogens (tertiary/aromatic N) is 3. The standard InChI is InChI=1S/C11H18N4O2/c1-8-4-5-9(10(12)14-16)11(13-8)17-7-6-15(2)3/h4-5,16H,6-7H2,1-3H3,(H2,12,14). The van der Waals surface area contributed by atoms with Crippen molar-refractivity contribution in [1.82, 2.24) is 9.88 Å². The molecule has 0 aliphatic carbocycles. The average molecular weight is 238 g/mol. The third-order valence-electron chi connectivity index (χ3n) is 2.16. The predicted molar refractivity (Wildman–Crippen MR) is 65.5 cm³/mol. The summed E-state index contributed by atoms with van der Waals surface area (Å²) in [5.74, 6) is 0.388. The topological polar surface area (TPSA) is 84.0 Å². The summed E-state index contributed by atoms with van der Waals surface area (Å²) in [6.07, 6.45) is 0. The highest BCUT2D eigenvalue weighted by Crippen LogP contribution is 2.15. The van der Waals surface area contributed by atoms with Crippen molar-refractivity contribution in [3.05, 3.63) is 23.4 Å². The first-order chi connectivity index (χ1) is 8.04. The summed E-state index contributed by atoms with van der Waals surface area (Å²) in [7, 11) is 3.91. The molecule has 1 rings (SSSR count). The maximum atomic E-state index is 8.67. The first-order valence-corrected chi connectivity index (χ1v) is 5.27. The summed E-state index contributed by atoms with van der Waals surface area (Å²) >= 11 is 0. The minimum Gasteiger partial charge on any atom is -0.476 e. The van der Waals surface area contributed by atoms with Gasteiger partial charge in [-0.2, -0.15) is 0 Å². The third-order valence-corrected chi connectivity index (χ3v) is 2.16. The van der Waals surface area contributed by atoms with E-state index in [4.69, 9.17) is 15.7 Å². The van der Waals surface area contributed by atoms with E-state index in [0.717, 1.165) is 12.2 Å². The second-order valence-electron chi connectivity index (χ2n) is 3.94. The van der Waals surface area contributed by atoms with Crippen LogP contribution in [0.5, 0.6) is 5.88 Å². The van der Waals surface area contributed by atoms with Gasteiger partial charge in [0.25, 0.3) is 0 Å². The normalized spacial score (nSPS) is 11.9. The summed E-state index contributed by atoms with van der Waals surface area (Å²) < 4.78 is 5.53. The monoisotopic (exact) mass is 238 g/mol. The average Bonchev–Trinajstić information content (AvgIpc) is 2.28. The molecule has 0 fully saturated rings. The van der Waals surface area contributed by atoms with Crippen LogP contribution in [0.4, 0.5) is 0 Å². The number of hydrogen-bond acceptors (Lipinski definition) is 5. The summed E-state index contributed by atoms with van der Waals surface area (Å²) in [6, 6.07) is 3.51. The van der Waals surface area contributed by atoms with Crippen LogP contribution in [0.1, 0.15) is 11.3 Å². The van der Waals surface area contributed by atoms with Crippen LogP contribution in [0.3, 0.4) is 0 Å². The van der Waals surface area contributed by atoms with Gasteiger partial charge in [0.1, 0.15) is 6.61 Å². The molecular formula is C11H18N4O2. The van der Waals surface area contributed by atoms with Gasteiger partial charge in [0, 0.05) is 12.2 Å². The number of likely N-dealkylation sites (N-methyl/N-ethyl adjacent to an activating group) is 1. The Kier molecular flexibility index (Phi) is 4.71. The number of pyridine rings is 1. The van der Waals surface area contributed by atoms with Gasteiger partial charge in [-0.05, 0) is 33.2 Å². The number of hydrogen-bond donors (Lipinski definition) is 2. The molecule has 0 atom stereocenters. The van der Waals surface area contributed by atoms with E-state index in [1.165, 1.54) is 0 Å². The molecular weight excluding hydrogens is 220 g/mol. The second kappa shape index (κ2) is 6.05. The summed E-state index contributed by atoms with van der Waals surface area (Å²) in [4.78, 5) is 6.23. The zero-order valence-corrected chi connectivity index (χ0v) is 10.3. The fourth-order valence-corrected chi connectivity index (χ4v) is 1.22. The number of aromatic nitrogens is 1. The van der Waals surface area contributed by atoms with Crippen molar-refractivity contribution in [2.24, 2.45) is 10.9 Å². The predicted octanol–water partition coefficient (Wildman–Crippen LogP) is 0.425. The van der Waals surface area contributed by atoms with Gasteiger partial charge in [0.05, 0.1) is 5.56 Å². The molecule has 6 nitrogen and oxygen atoms in total. The molecule has 1 aromatic heterocycles. The molecule has 0 bridgehead atoms. The van der Waals surface area contributed by atoms with Crippen LogP contribution in [-0.4, -0.2) is 48.2 Å². The van der Waals surface area contributed by atoms with E-state index in [-0.39, 0.29) is 5.84 Å². The number of aryl methyl sites for hydroxylation is 1. The van der Waals surface area contributed by atoms with Gasteiger partial charge in [-0.15, -0.1) is 0 Å². The van der Waals surface area contributed by atoms with E-state index in [0.29, 0.717) is 18.1 Å². The first kappa shape index (κ1) is 13.2. The van der Waals surface area contributed by atoms with Crippen molar-refractivity contribution < 1.29 is 9.94 Å². The molecule has 17 heavy (non-hydrogen) atoms. The minimum absolute atomic E-state index is 0.00245. The van der Waals surface area contributed by atoms with E-state index in [1.54, 1.807) is 12.1 Å². The molecule has 0 aliphatic rings. The highest BCUT2D eigenvalue weighted by molar-refractivity contribution is 5.99. The SMILES string of the molecule is Cc1ccc(C(N)=NO)c(OCCN(C)C)n1. The van der Waals surface area contributed by atoms with Crippen molar-refractivity contribution in [2.75, 3.05) is 27.2 Å². The third kappa shape index (κ3) is 3.92. The van der Waals surface area contributed by atoms with Gasteiger partial charge in [0.2, 0.25) is 5.88 Å². The molecule has 3 N–H and O–H groups in total. The van der Waals surface area contributed by atoms with E-state index in [1.807, 2.05) is 25.9 Å². The van der Waals surface area contributed by atoms with Crippen molar-refractivity contribution in [3.63, 3.8) is 0 Å². The van der Waals surface area contributed by atoms with Crippen LogP contribution < -0.4 is 10.5 Å². The molecule has 0 spiro atoms. The molecule has 0 amide bonds. The highest BCUT2D eigenvalue weighted by Gasteiger charge is 2.10. The van der Waals surface area contributed by atoms with Crippen molar-refractivity contribution in [2.45, 2.75) is 6.92 Å². The van der Waals surface area contributed by atoms with E-state index < -0.39 is 0 Å². The molecule has 6 heteroatoms. The fourth-order valence-electron chi connectivity index (χ4n) is 1.22. The fraction of sp³-hybridized carbons (Fsp3) is 0.455. The molecule has 0 aromatic carbocycles. The van der Waals surface area contributed by atoms with Gasteiger partial charge in [-0.3, -0.25) is 0 Å². The molecule has 0 aliphatic heterocycles. The van der Waals surface area contributed by atoms with Crippen LogP contribution in [0.15, 0.2) is 17.3 Å². The Labute approximate surface area is 101 Å². The van der Waals surface area contributed by atoms with Gasteiger partial charge < -0.3 is 20.6 Å². The zero-order valence-electron chi connectivity index (χ0n) is 10.3. The van der Waals surface area contributed by atoms with Gasteiger partial charge in [-0.25, -0.2) is 4.98 Å². The Morgan fingerprint density at radius 2 is 2.24 bits per heavy atom. The van der Waals surface area contributed by atoms with Crippen LogP contribution >= 0.6 is 0 Å². The van der Waals surface area contributed by atoms with E-state index in [9.17, 15) is 0 Å². The number of amidine groups is 1. The van der Waals surface area contributed by atoms with E-state index >= 15 is 0 Å². The lowest BCUT2D eigenvalue weighted by Crippen LogP contribution is -2.21. The van der Waals surface area contributed by atoms with Gasteiger partial charge >= 0.3 is 0 Å². The van der Waals surface area contributed by atoms with E-state index in [2.05, 4.69) is 10.1 Å². The molecule has 0 saturated carbocycles. The largest absolute Gasteiger partial charge is 0.476 e. The van der Waals surface area contributed by atoms with Crippen LogP contribution in [0.2, 0.25) is 0 Å². The molecule has 0 saturated heterocycles. The molecule has 0 unspecified atom stereocenters. The lowest BCUT2D eigenvalue weighted by atomic mass is 10.2. The molecule has 0 radical (unpaired) electrons. The van der Waals surface area contributed by atoms with Gasteiger partial charge in [0.15, 0.2) is 5.84 Å². The Balaban J connectivity index is 2.84. The molecule has 1 heterocycles. The summed E-state index contributed by atoms with van der Waals surface area (Å²) in [6.45, 7) is 3.12. The minimum atomic E-state index is -0.00245. The smallest absolute Gasteiger partial charge is 0.224 e. The summed E-state index contributed by atoms with van der Waals surface area (Å²) in [5, 5.41) is 11.6. The van der Waals surface area contributed by atoms with Crippen molar-refractivity contribution >= 4 is 5.84 Å². The Morgan fingerprint density at radius 1 is 1.53 bits per heavy atom. The van der Waals surface area contributed by atoms with Crippen LogP contribution in [0, 0.1) is 6.92 Å². The number of nitrogens with two attached hydrogens (primary N) is 1. The van der Waals surface area contributed by atoms with Crippen LogP contribution in [0.25, 0.3) is 0 Å². The molecule has 94 valence electrons. The highest BCUT2D eigenvalue weighted by atomic mass is 16.5. The Bertz CT molecular complexity index is 404. The number of rotatable bonds is 5. The van der Waals surface area contributed by atoms with Gasteiger partial charge in [-0.1, -0.05) is 5.16 Å². The number of oxime groups is 1. The van der Waals surface area contributed by atoms with Crippen LogP contribution in [-0.2, 0) is 0 Å². The Morgan fingerprint density at radius 3 is 2.82 bits per heavy atom. The first-order valence-electron chi connectivity index (χ1n) is 5.27. The van der Waals surface area contributed by atoms with Crippen molar-refractivity contribution in [1.29, 1.82) is 0 Å². The Hall–Kier alpha value is -1.82. The summed E-state index contributed by atoms with van der Waals surface area (Å²) in [5.41, 5.74) is 6.86. The number of ether oxygens (including phenoxy) is 1. The lowest BCUT2D eigenvalue weighted by molar-refractivity contribution is 0.253. The second-order valence-corrected chi connectivity index (χ2v) is 3.94. The quantitative estimate of drug-likeness (QED) is 0.336.